The number of fused-ring (bicyclic) bond motifs is 1. The first-order valence-corrected chi connectivity index (χ1v) is 11.0. The topological polar surface area (TPSA) is 92.6 Å². The van der Waals surface area contributed by atoms with Gasteiger partial charge in [-0.25, -0.2) is 15.0 Å². The van der Waals surface area contributed by atoms with Crippen LogP contribution in [0.3, 0.4) is 0 Å². The Balaban J connectivity index is 1.67. The Hall–Kier alpha value is -2.03. The van der Waals surface area contributed by atoms with Gasteiger partial charge in [0, 0.05) is 44.2 Å². The van der Waals surface area contributed by atoms with Crippen molar-refractivity contribution in [2.75, 3.05) is 39.2 Å². The zero-order valence-electron chi connectivity index (χ0n) is 18.2. The third kappa shape index (κ3) is 4.82. The number of likely N-dealkylation sites (tertiary alicyclic amines) is 1. The molecule has 0 unspecified atom stereocenters. The summed E-state index contributed by atoms with van der Waals surface area (Å²) < 4.78 is 11.5. The van der Waals surface area contributed by atoms with Crippen LogP contribution in [-0.2, 0) is 4.74 Å². The summed E-state index contributed by atoms with van der Waals surface area (Å²) >= 11 is 0. The van der Waals surface area contributed by atoms with Crippen molar-refractivity contribution in [1.29, 1.82) is 0 Å². The van der Waals surface area contributed by atoms with Crippen molar-refractivity contribution in [3.05, 3.63) is 18.0 Å². The number of methoxy groups -OCH3 is 1. The van der Waals surface area contributed by atoms with Crippen molar-refractivity contribution in [3.8, 4) is 5.88 Å². The third-order valence-corrected chi connectivity index (χ3v) is 6.17. The van der Waals surface area contributed by atoms with Crippen molar-refractivity contribution in [2.24, 2.45) is 0 Å². The van der Waals surface area contributed by atoms with Crippen molar-refractivity contribution < 1.29 is 14.6 Å². The summed E-state index contributed by atoms with van der Waals surface area (Å²) in [5.74, 6) is 1.54. The molecule has 30 heavy (non-hydrogen) atoms. The molecule has 0 radical (unpaired) electrons. The second-order valence-electron chi connectivity index (χ2n) is 8.77. The van der Waals surface area contributed by atoms with Gasteiger partial charge in [-0.2, -0.15) is 0 Å². The number of likely N-dealkylation sites (N-methyl/N-ethyl adjacent to an activating group) is 1. The van der Waals surface area contributed by atoms with E-state index in [0.29, 0.717) is 24.4 Å². The monoisotopic (exact) mass is 415 g/mol. The van der Waals surface area contributed by atoms with Crippen LogP contribution < -0.4 is 10.1 Å². The quantitative estimate of drug-likeness (QED) is 0.713. The van der Waals surface area contributed by atoms with Crippen LogP contribution >= 0.6 is 0 Å². The summed E-state index contributed by atoms with van der Waals surface area (Å²) in [6.45, 7) is 4.56. The highest BCUT2D eigenvalue weighted by atomic mass is 16.5. The predicted molar refractivity (Wildman–Crippen MR) is 116 cm³/mol. The molecule has 2 aromatic rings. The summed E-state index contributed by atoms with van der Waals surface area (Å²) in [7, 11) is 3.79. The molecule has 0 bridgehead atoms. The Morgan fingerprint density at radius 2 is 2.00 bits per heavy atom. The van der Waals surface area contributed by atoms with E-state index in [4.69, 9.17) is 14.5 Å². The lowest BCUT2D eigenvalue weighted by Crippen LogP contribution is -2.23. The fraction of sp³-hybridized carbons (Fsp3) is 0.682. The number of hydrogen-bond acceptors (Lipinski definition) is 8. The van der Waals surface area contributed by atoms with Gasteiger partial charge in [-0.3, -0.25) is 0 Å². The van der Waals surface area contributed by atoms with Crippen molar-refractivity contribution in [1.82, 2.24) is 19.9 Å². The average Bonchev–Trinajstić information content (AvgIpc) is 3.14. The fourth-order valence-corrected chi connectivity index (χ4v) is 4.53. The normalized spacial score (nSPS) is 26.1. The number of anilines is 1. The summed E-state index contributed by atoms with van der Waals surface area (Å²) in [6, 6.07) is 0.104. The highest BCUT2D eigenvalue weighted by Crippen LogP contribution is 2.38. The fourth-order valence-electron chi connectivity index (χ4n) is 4.53. The van der Waals surface area contributed by atoms with E-state index in [-0.39, 0.29) is 18.2 Å². The number of rotatable bonds is 7. The number of pyridine rings is 1. The lowest BCUT2D eigenvalue weighted by Gasteiger charge is -2.26. The standard InChI is InChI=1S/C22H33N5O3/c1-14(13-29-3)25-22-24-11-19-20(26-22)18(15-4-6-16(28)7-5-15)10-23-21(19)30-17-8-9-27(2)12-17/h10-11,14-17,28H,4-9,12-13H2,1-3H3,(H,24,25,26)/t14-,15?,16?,17+/m0/s1. The van der Waals surface area contributed by atoms with Gasteiger partial charge in [0.05, 0.1) is 23.6 Å². The molecule has 0 amide bonds. The van der Waals surface area contributed by atoms with E-state index in [1.54, 1.807) is 7.11 Å². The summed E-state index contributed by atoms with van der Waals surface area (Å²) in [6.07, 6.45) is 8.22. The molecule has 1 aliphatic carbocycles. The molecule has 2 aliphatic rings. The number of aliphatic hydroxyl groups excluding tert-OH is 1. The smallest absolute Gasteiger partial charge is 0.224 e. The second kappa shape index (κ2) is 9.41. The van der Waals surface area contributed by atoms with Gasteiger partial charge in [0.1, 0.15) is 6.10 Å². The number of hydrogen-bond donors (Lipinski definition) is 2. The molecule has 0 spiro atoms. The lowest BCUT2D eigenvalue weighted by atomic mass is 9.83. The number of aliphatic hydroxyl groups is 1. The Labute approximate surface area is 178 Å². The molecule has 1 saturated carbocycles. The summed E-state index contributed by atoms with van der Waals surface area (Å²) in [5.41, 5.74) is 2.02. The van der Waals surface area contributed by atoms with Crippen LogP contribution in [0.15, 0.2) is 12.4 Å². The van der Waals surface area contributed by atoms with Gasteiger partial charge in [0.25, 0.3) is 0 Å². The first-order valence-electron chi connectivity index (χ1n) is 11.0. The van der Waals surface area contributed by atoms with Gasteiger partial charge in [-0.15, -0.1) is 0 Å². The third-order valence-electron chi connectivity index (χ3n) is 6.17. The van der Waals surface area contributed by atoms with Crippen LogP contribution in [0.2, 0.25) is 0 Å². The maximum atomic E-state index is 9.92. The Kier molecular flexibility index (Phi) is 6.65. The SMILES string of the molecule is COC[C@H](C)Nc1ncc2c(O[C@@H]3CCN(C)C3)ncc(C3CCC(O)CC3)c2n1. The number of nitrogens with one attached hydrogen (secondary N) is 1. The molecule has 164 valence electrons. The molecule has 0 aromatic carbocycles. The Bertz CT molecular complexity index is 856. The molecule has 1 aliphatic heterocycles. The largest absolute Gasteiger partial charge is 0.472 e. The molecule has 1 saturated heterocycles. The van der Waals surface area contributed by atoms with Crippen molar-refractivity contribution >= 4 is 16.9 Å². The molecule has 2 atom stereocenters. The van der Waals surface area contributed by atoms with Crippen molar-refractivity contribution in [2.45, 2.75) is 63.2 Å². The van der Waals surface area contributed by atoms with E-state index in [1.165, 1.54) is 0 Å². The number of ether oxygens (including phenoxy) is 2. The first kappa shape index (κ1) is 21.2. The van der Waals surface area contributed by atoms with Crippen LogP contribution in [0.5, 0.6) is 5.88 Å². The van der Waals surface area contributed by atoms with E-state index in [0.717, 1.165) is 61.7 Å². The molecule has 2 aromatic heterocycles. The minimum absolute atomic E-state index is 0.104. The number of aromatic nitrogens is 3. The van der Waals surface area contributed by atoms with E-state index in [1.807, 2.05) is 19.3 Å². The van der Waals surface area contributed by atoms with Crippen LogP contribution in [0, 0.1) is 0 Å². The van der Waals surface area contributed by atoms with Crippen LogP contribution in [0.25, 0.3) is 10.9 Å². The molecular weight excluding hydrogens is 382 g/mol. The van der Waals surface area contributed by atoms with E-state index >= 15 is 0 Å². The first-order chi connectivity index (χ1) is 14.5. The second-order valence-corrected chi connectivity index (χ2v) is 8.77. The summed E-state index contributed by atoms with van der Waals surface area (Å²) in [4.78, 5) is 16.4. The van der Waals surface area contributed by atoms with E-state index in [2.05, 4.69) is 27.2 Å². The van der Waals surface area contributed by atoms with E-state index in [9.17, 15) is 5.11 Å². The number of nitrogens with zero attached hydrogens (tertiary/aromatic N) is 4. The molecule has 2 fully saturated rings. The van der Waals surface area contributed by atoms with Gasteiger partial charge >= 0.3 is 0 Å². The van der Waals surface area contributed by atoms with Gasteiger partial charge in [-0.1, -0.05) is 0 Å². The minimum Gasteiger partial charge on any atom is -0.472 e. The molecule has 2 N–H and O–H groups in total. The molecule has 8 heteroatoms. The average molecular weight is 416 g/mol. The molecular formula is C22H33N5O3. The van der Waals surface area contributed by atoms with Crippen LogP contribution in [0.1, 0.15) is 50.5 Å². The predicted octanol–water partition coefficient (Wildman–Crippen LogP) is 2.57. The lowest BCUT2D eigenvalue weighted by molar-refractivity contribution is 0.122. The van der Waals surface area contributed by atoms with Gasteiger partial charge in [-0.05, 0) is 52.0 Å². The van der Waals surface area contributed by atoms with Gasteiger partial charge in [0.2, 0.25) is 11.8 Å². The maximum absolute atomic E-state index is 9.92. The highest BCUT2D eigenvalue weighted by Gasteiger charge is 2.27. The highest BCUT2D eigenvalue weighted by molar-refractivity contribution is 5.86. The zero-order valence-corrected chi connectivity index (χ0v) is 18.2. The van der Waals surface area contributed by atoms with E-state index < -0.39 is 0 Å². The molecule has 8 nitrogen and oxygen atoms in total. The molecule has 4 rings (SSSR count). The van der Waals surface area contributed by atoms with Crippen LogP contribution in [-0.4, -0.2) is 77.1 Å². The minimum atomic E-state index is -0.191. The van der Waals surface area contributed by atoms with Gasteiger partial charge in [0.15, 0.2) is 0 Å². The van der Waals surface area contributed by atoms with Crippen LogP contribution in [0.4, 0.5) is 5.95 Å². The van der Waals surface area contributed by atoms with Crippen molar-refractivity contribution in [3.63, 3.8) is 0 Å². The van der Waals surface area contributed by atoms with Gasteiger partial charge < -0.3 is 24.8 Å². The summed E-state index contributed by atoms with van der Waals surface area (Å²) in [5, 5.41) is 14.1. The Morgan fingerprint density at radius 3 is 2.70 bits per heavy atom. The molecule has 3 heterocycles. The zero-order chi connectivity index (χ0) is 21.1. The maximum Gasteiger partial charge on any atom is 0.224 e. The Morgan fingerprint density at radius 1 is 1.20 bits per heavy atom.